The Kier molecular flexibility index (Phi) is 6.71. The Labute approximate surface area is 129 Å². The maximum Gasteiger partial charge on any atom is 0.0669 e. The number of unbranched alkanes of at least 4 members (excludes halogenated alkanes) is 1. The standard InChI is InChI=1S/C17H31N3O/c1-4-7-11-21-12-10-20-17(6-3)15(16(5-2)19-20)13-18-14-8-9-14/h14,18H,4-13H2,1-3H3. The normalized spacial score (nSPS) is 14.8. The third kappa shape index (κ3) is 4.82. The Hall–Kier alpha value is -0.870. The summed E-state index contributed by atoms with van der Waals surface area (Å²) in [6.45, 7) is 10.1. The van der Waals surface area contributed by atoms with Crippen LogP contribution in [0, 0.1) is 0 Å². The second-order valence-corrected chi connectivity index (χ2v) is 5.92. The predicted octanol–water partition coefficient (Wildman–Crippen LogP) is 3.08. The van der Waals surface area contributed by atoms with Crippen LogP contribution in [0.4, 0.5) is 0 Å². The molecule has 0 aliphatic heterocycles. The molecule has 0 amide bonds. The van der Waals surface area contributed by atoms with Gasteiger partial charge in [-0.3, -0.25) is 4.68 Å². The lowest BCUT2D eigenvalue weighted by Crippen LogP contribution is -2.17. The minimum Gasteiger partial charge on any atom is -0.380 e. The van der Waals surface area contributed by atoms with Gasteiger partial charge >= 0.3 is 0 Å². The third-order valence-corrected chi connectivity index (χ3v) is 4.15. The van der Waals surface area contributed by atoms with Crippen molar-refractivity contribution in [1.29, 1.82) is 0 Å². The van der Waals surface area contributed by atoms with Crippen LogP contribution >= 0.6 is 0 Å². The molecule has 0 spiro atoms. The molecule has 1 saturated carbocycles. The average molecular weight is 293 g/mol. The summed E-state index contributed by atoms with van der Waals surface area (Å²) in [7, 11) is 0. The van der Waals surface area contributed by atoms with Crippen molar-refractivity contribution in [2.45, 2.75) is 78.4 Å². The quantitative estimate of drug-likeness (QED) is 0.637. The van der Waals surface area contributed by atoms with Gasteiger partial charge in [0, 0.05) is 30.5 Å². The van der Waals surface area contributed by atoms with Gasteiger partial charge in [0.15, 0.2) is 0 Å². The van der Waals surface area contributed by atoms with Gasteiger partial charge in [-0.2, -0.15) is 5.10 Å². The van der Waals surface area contributed by atoms with E-state index in [0.29, 0.717) is 0 Å². The van der Waals surface area contributed by atoms with Crippen molar-refractivity contribution in [3.05, 3.63) is 17.0 Å². The topological polar surface area (TPSA) is 39.1 Å². The number of hydrogen-bond acceptors (Lipinski definition) is 3. The minimum absolute atomic E-state index is 0.750. The summed E-state index contributed by atoms with van der Waals surface area (Å²) in [5.41, 5.74) is 4.08. The van der Waals surface area contributed by atoms with E-state index < -0.39 is 0 Å². The minimum atomic E-state index is 0.750. The third-order valence-electron chi connectivity index (χ3n) is 4.15. The Balaban J connectivity index is 1.94. The second kappa shape index (κ2) is 8.54. The number of rotatable bonds is 11. The molecule has 0 unspecified atom stereocenters. The molecule has 0 atom stereocenters. The van der Waals surface area contributed by atoms with E-state index in [4.69, 9.17) is 9.84 Å². The highest BCUT2D eigenvalue weighted by atomic mass is 16.5. The molecule has 1 aromatic heterocycles. The molecular formula is C17H31N3O. The van der Waals surface area contributed by atoms with Gasteiger partial charge in [-0.15, -0.1) is 0 Å². The Morgan fingerprint density at radius 1 is 1.19 bits per heavy atom. The average Bonchev–Trinajstić information content (AvgIpc) is 3.26. The van der Waals surface area contributed by atoms with Gasteiger partial charge < -0.3 is 10.1 Å². The van der Waals surface area contributed by atoms with Crippen molar-refractivity contribution in [3.8, 4) is 0 Å². The van der Waals surface area contributed by atoms with Crippen LogP contribution < -0.4 is 5.32 Å². The van der Waals surface area contributed by atoms with Crippen LogP contribution in [-0.4, -0.2) is 29.0 Å². The Morgan fingerprint density at radius 3 is 2.62 bits per heavy atom. The lowest BCUT2D eigenvalue weighted by Gasteiger charge is -2.09. The molecule has 1 fully saturated rings. The van der Waals surface area contributed by atoms with E-state index in [-0.39, 0.29) is 0 Å². The van der Waals surface area contributed by atoms with Crippen LogP contribution in [0.5, 0.6) is 0 Å². The lowest BCUT2D eigenvalue weighted by atomic mass is 10.1. The highest BCUT2D eigenvalue weighted by Crippen LogP contribution is 2.22. The summed E-state index contributed by atoms with van der Waals surface area (Å²) in [6.07, 6.45) is 7.07. The fraction of sp³-hybridized carbons (Fsp3) is 0.824. The molecule has 2 rings (SSSR count). The van der Waals surface area contributed by atoms with E-state index >= 15 is 0 Å². The zero-order chi connectivity index (χ0) is 15.1. The molecule has 4 heteroatoms. The highest BCUT2D eigenvalue weighted by Gasteiger charge is 2.22. The second-order valence-electron chi connectivity index (χ2n) is 5.92. The van der Waals surface area contributed by atoms with Crippen molar-refractivity contribution < 1.29 is 4.74 Å². The van der Waals surface area contributed by atoms with Gasteiger partial charge in [-0.05, 0) is 32.1 Å². The lowest BCUT2D eigenvalue weighted by molar-refractivity contribution is 0.120. The molecule has 0 aromatic carbocycles. The van der Waals surface area contributed by atoms with Gasteiger partial charge in [-0.1, -0.05) is 27.2 Å². The summed E-state index contributed by atoms with van der Waals surface area (Å²) < 4.78 is 7.87. The molecule has 120 valence electrons. The van der Waals surface area contributed by atoms with E-state index in [2.05, 4.69) is 30.8 Å². The number of nitrogens with zero attached hydrogens (tertiary/aromatic N) is 2. The molecule has 21 heavy (non-hydrogen) atoms. The molecule has 4 nitrogen and oxygen atoms in total. The van der Waals surface area contributed by atoms with Gasteiger partial charge in [0.25, 0.3) is 0 Å². The fourth-order valence-corrected chi connectivity index (χ4v) is 2.69. The van der Waals surface area contributed by atoms with E-state index in [1.165, 1.54) is 36.2 Å². The van der Waals surface area contributed by atoms with E-state index in [1.807, 2.05) is 0 Å². The molecular weight excluding hydrogens is 262 g/mol. The molecule has 0 bridgehead atoms. The van der Waals surface area contributed by atoms with Crippen LogP contribution in [-0.2, 0) is 30.7 Å². The Bertz CT molecular complexity index is 424. The molecule has 1 heterocycles. The van der Waals surface area contributed by atoms with Gasteiger partial charge in [0.1, 0.15) is 0 Å². The van der Waals surface area contributed by atoms with Crippen LogP contribution in [0.3, 0.4) is 0 Å². The maximum absolute atomic E-state index is 5.69. The van der Waals surface area contributed by atoms with Crippen molar-refractivity contribution in [3.63, 3.8) is 0 Å². The molecule has 1 N–H and O–H groups in total. The van der Waals surface area contributed by atoms with Crippen molar-refractivity contribution in [2.24, 2.45) is 0 Å². The van der Waals surface area contributed by atoms with E-state index in [0.717, 1.165) is 51.6 Å². The summed E-state index contributed by atoms with van der Waals surface area (Å²) in [5.74, 6) is 0. The molecule has 1 aromatic rings. The summed E-state index contributed by atoms with van der Waals surface area (Å²) in [4.78, 5) is 0. The first-order valence-corrected chi connectivity index (χ1v) is 8.68. The number of ether oxygens (including phenoxy) is 1. The molecule has 0 radical (unpaired) electrons. The zero-order valence-corrected chi connectivity index (χ0v) is 14.0. The predicted molar refractivity (Wildman–Crippen MR) is 86.6 cm³/mol. The van der Waals surface area contributed by atoms with Crippen molar-refractivity contribution >= 4 is 0 Å². The first kappa shape index (κ1) is 16.5. The summed E-state index contributed by atoms with van der Waals surface area (Å²) in [6, 6.07) is 0.750. The number of nitrogens with one attached hydrogen (secondary N) is 1. The van der Waals surface area contributed by atoms with Crippen molar-refractivity contribution in [2.75, 3.05) is 13.2 Å². The van der Waals surface area contributed by atoms with Gasteiger partial charge in [0.05, 0.1) is 18.8 Å². The number of hydrogen-bond donors (Lipinski definition) is 1. The molecule has 1 aliphatic carbocycles. The van der Waals surface area contributed by atoms with Crippen LogP contribution in [0.25, 0.3) is 0 Å². The Morgan fingerprint density at radius 2 is 2.00 bits per heavy atom. The van der Waals surface area contributed by atoms with Gasteiger partial charge in [-0.25, -0.2) is 0 Å². The number of aryl methyl sites for hydroxylation is 1. The van der Waals surface area contributed by atoms with E-state index in [1.54, 1.807) is 0 Å². The highest BCUT2D eigenvalue weighted by molar-refractivity contribution is 5.27. The summed E-state index contributed by atoms with van der Waals surface area (Å²) in [5, 5.41) is 8.45. The van der Waals surface area contributed by atoms with Gasteiger partial charge in [0.2, 0.25) is 0 Å². The zero-order valence-electron chi connectivity index (χ0n) is 14.0. The van der Waals surface area contributed by atoms with Crippen molar-refractivity contribution in [1.82, 2.24) is 15.1 Å². The van der Waals surface area contributed by atoms with Crippen LogP contribution in [0.2, 0.25) is 0 Å². The fourth-order valence-electron chi connectivity index (χ4n) is 2.69. The first-order valence-electron chi connectivity index (χ1n) is 8.68. The molecule has 1 aliphatic rings. The molecule has 0 saturated heterocycles. The largest absolute Gasteiger partial charge is 0.380 e. The maximum atomic E-state index is 5.69. The van der Waals surface area contributed by atoms with Crippen LogP contribution in [0.1, 0.15) is 63.4 Å². The van der Waals surface area contributed by atoms with E-state index in [9.17, 15) is 0 Å². The monoisotopic (exact) mass is 293 g/mol. The summed E-state index contributed by atoms with van der Waals surface area (Å²) >= 11 is 0. The SMILES string of the molecule is CCCCOCCn1nc(CC)c(CNC2CC2)c1CC. The van der Waals surface area contributed by atoms with Crippen LogP contribution in [0.15, 0.2) is 0 Å². The number of aromatic nitrogens is 2. The first-order chi connectivity index (χ1) is 10.3. The smallest absolute Gasteiger partial charge is 0.0669 e.